The highest BCUT2D eigenvalue weighted by atomic mass is 15.0. The first kappa shape index (κ1) is 8.23. The van der Waals surface area contributed by atoms with Crippen LogP contribution in [0.4, 0.5) is 5.69 Å². The molecular weight excluding hydrogens is 162 g/mol. The van der Waals surface area contributed by atoms with Crippen LogP contribution < -0.4 is 5.32 Å². The highest BCUT2D eigenvalue weighted by Gasteiger charge is 2.08. The Labute approximate surface area is 77.9 Å². The van der Waals surface area contributed by atoms with Gasteiger partial charge in [0.1, 0.15) is 12.4 Å². The standard InChI is InChI=1S/C10H13N3/c1-7(2)8-3-4-9-10(13-8)5-11-6-12-9/h3-5,7,12H,6H2,1-2H3. The lowest BCUT2D eigenvalue weighted by Gasteiger charge is -2.13. The van der Waals surface area contributed by atoms with Crippen LogP contribution in [-0.4, -0.2) is 17.9 Å². The summed E-state index contributed by atoms with van der Waals surface area (Å²) in [6.07, 6.45) is 1.83. The van der Waals surface area contributed by atoms with Crippen molar-refractivity contribution in [3.63, 3.8) is 0 Å². The molecule has 0 saturated heterocycles. The fraction of sp³-hybridized carbons (Fsp3) is 0.400. The lowest BCUT2D eigenvalue weighted by atomic mass is 10.1. The molecule has 0 aromatic carbocycles. The molecule has 13 heavy (non-hydrogen) atoms. The molecule has 0 atom stereocenters. The second-order valence-electron chi connectivity index (χ2n) is 3.47. The topological polar surface area (TPSA) is 37.3 Å². The minimum absolute atomic E-state index is 0.473. The molecule has 0 saturated carbocycles. The molecule has 0 amide bonds. The minimum Gasteiger partial charge on any atom is -0.364 e. The summed E-state index contributed by atoms with van der Waals surface area (Å²) in [5.74, 6) is 0.473. The van der Waals surface area contributed by atoms with Crippen LogP contribution in [0.2, 0.25) is 0 Å². The van der Waals surface area contributed by atoms with E-state index >= 15 is 0 Å². The number of hydrogen-bond donors (Lipinski definition) is 1. The van der Waals surface area contributed by atoms with Crippen molar-refractivity contribution in [1.82, 2.24) is 4.98 Å². The maximum absolute atomic E-state index is 4.50. The summed E-state index contributed by atoms with van der Waals surface area (Å²) in [4.78, 5) is 8.62. The summed E-state index contributed by atoms with van der Waals surface area (Å²) < 4.78 is 0. The van der Waals surface area contributed by atoms with Gasteiger partial charge in [0, 0.05) is 5.69 Å². The van der Waals surface area contributed by atoms with Gasteiger partial charge in [0.05, 0.1) is 11.9 Å². The van der Waals surface area contributed by atoms with Gasteiger partial charge in [0.2, 0.25) is 0 Å². The van der Waals surface area contributed by atoms with Gasteiger partial charge < -0.3 is 5.32 Å². The predicted molar refractivity (Wildman–Crippen MR) is 54.4 cm³/mol. The SMILES string of the molecule is CC(C)c1ccc2c(n1)C=NCN2. The summed E-state index contributed by atoms with van der Waals surface area (Å²) >= 11 is 0. The third kappa shape index (κ3) is 1.54. The van der Waals surface area contributed by atoms with Crippen LogP contribution >= 0.6 is 0 Å². The van der Waals surface area contributed by atoms with Crippen LogP contribution in [0.5, 0.6) is 0 Å². The van der Waals surface area contributed by atoms with Gasteiger partial charge in [0.25, 0.3) is 0 Å². The molecule has 0 spiro atoms. The lowest BCUT2D eigenvalue weighted by molar-refractivity contribution is 0.820. The largest absolute Gasteiger partial charge is 0.364 e. The first-order chi connectivity index (χ1) is 6.27. The van der Waals surface area contributed by atoms with Crippen molar-refractivity contribution in [3.05, 3.63) is 23.5 Å². The molecule has 0 fully saturated rings. The van der Waals surface area contributed by atoms with Crippen LogP contribution in [0.3, 0.4) is 0 Å². The molecule has 0 aliphatic carbocycles. The molecule has 1 N–H and O–H groups in total. The number of pyridine rings is 1. The summed E-state index contributed by atoms with van der Waals surface area (Å²) in [7, 11) is 0. The molecule has 1 aromatic rings. The molecular formula is C10H13N3. The van der Waals surface area contributed by atoms with E-state index in [4.69, 9.17) is 0 Å². The Morgan fingerprint density at radius 1 is 1.38 bits per heavy atom. The van der Waals surface area contributed by atoms with E-state index in [1.165, 1.54) is 0 Å². The zero-order chi connectivity index (χ0) is 9.26. The van der Waals surface area contributed by atoms with Crippen molar-refractivity contribution in [2.75, 3.05) is 12.0 Å². The minimum atomic E-state index is 0.473. The summed E-state index contributed by atoms with van der Waals surface area (Å²) in [6.45, 7) is 4.94. The summed E-state index contributed by atoms with van der Waals surface area (Å²) in [5.41, 5.74) is 3.16. The fourth-order valence-electron chi connectivity index (χ4n) is 1.32. The van der Waals surface area contributed by atoms with Gasteiger partial charge in [-0.2, -0.15) is 0 Å². The van der Waals surface area contributed by atoms with Crippen LogP contribution in [0, 0.1) is 0 Å². The molecule has 0 unspecified atom stereocenters. The molecule has 1 aliphatic heterocycles. The lowest BCUT2D eigenvalue weighted by Crippen LogP contribution is -2.10. The highest BCUT2D eigenvalue weighted by Crippen LogP contribution is 2.18. The number of aromatic nitrogens is 1. The van der Waals surface area contributed by atoms with Crippen molar-refractivity contribution in [2.45, 2.75) is 19.8 Å². The molecule has 0 radical (unpaired) electrons. The molecule has 3 heteroatoms. The smallest absolute Gasteiger partial charge is 0.107 e. The van der Waals surface area contributed by atoms with E-state index in [-0.39, 0.29) is 0 Å². The molecule has 68 valence electrons. The Balaban J connectivity index is 2.43. The fourth-order valence-corrected chi connectivity index (χ4v) is 1.32. The zero-order valence-electron chi connectivity index (χ0n) is 7.91. The number of aliphatic imine (C=N–C) groups is 1. The third-order valence-electron chi connectivity index (χ3n) is 2.11. The monoisotopic (exact) mass is 175 g/mol. The summed E-state index contributed by atoms with van der Waals surface area (Å²) in [6, 6.07) is 4.14. The molecule has 2 heterocycles. The number of nitrogens with zero attached hydrogens (tertiary/aromatic N) is 2. The number of rotatable bonds is 1. The molecule has 0 bridgehead atoms. The van der Waals surface area contributed by atoms with Crippen molar-refractivity contribution >= 4 is 11.9 Å². The van der Waals surface area contributed by atoms with Gasteiger partial charge in [-0.1, -0.05) is 13.8 Å². The van der Waals surface area contributed by atoms with E-state index in [0.717, 1.165) is 17.1 Å². The van der Waals surface area contributed by atoms with Gasteiger partial charge in [0.15, 0.2) is 0 Å². The summed E-state index contributed by atoms with van der Waals surface area (Å²) in [5, 5.41) is 3.17. The third-order valence-corrected chi connectivity index (χ3v) is 2.11. The molecule has 1 aromatic heterocycles. The van der Waals surface area contributed by atoms with Crippen molar-refractivity contribution in [2.24, 2.45) is 4.99 Å². The van der Waals surface area contributed by atoms with Gasteiger partial charge in [-0.15, -0.1) is 0 Å². The second kappa shape index (κ2) is 3.17. The van der Waals surface area contributed by atoms with Crippen LogP contribution in [0.15, 0.2) is 17.1 Å². The maximum atomic E-state index is 4.50. The Hall–Kier alpha value is -1.38. The zero-order valence-corrected chi connectivity index (χ0v) is 7.91. The number of fused-ring (bicyclic) bond motifs is 1. The second-order valence-corrected chi connectivity index (χ2v) is 3.47. The Bertz CT molecular complexity index is 342. The average Bonchev–Trinajstić information content (AvgIpc) is 2.17. The quantitative estimate of drug-likeness (QED) is 0.708. The number of anilines is 1. The predicted octanol–water partition coefficient (Wildman–Crippen LogP) is 2.01. The number of nitrogens with one attached hydrogen (secondary N) is 1. The van der Waals surface area contributed by atoms with E-state index < -0.39 is 0 Å². The average molecular weight is 175 g/mol. The first-order valence-corrected chi connectivity index (χ1v) is 4.52. The van der Waals surface area contributed by atoms with E-state index in [9.17, 15) is 0 Å². The molecule has 3 nitrogen and oxygen atoms in total. The van der Waals surface area contributed by atoms with Gasteiger partial charge in [-0.05, 0) is 18.1 Å². The van der Waals surface area contributed by atoms with Crippen LogP contribution in [0.25, 0.3) is 0 Å². The van der Waals surface area contributed by atoms with E-state index in [0.29, 0.717) is 12.6 Å². The van der Waals surface area contributed by atoms with Gasteiger partial charge >= 0.3 is 0 Å². The van der Waals surface area contributed by atoms with E-state index in [2.05, 4.69) is 41.3 Å². The Kier molecular flexibility index (Phi) is 2.00. The van der Waals surface area contributed by atoms with Crippen LogP contribution in [-0.2, 0) is 0 Å². The van der Waals surface area contributed by atoms with Crippen molar-refractivity contribution in [1.29, 1.82) is 0 Å². The number of hydrogen-bond acceptors (Lipinski definition) is 3. The molecule has 2 rings (SSSR count). The van der Waals surface area contributed by atoms with Crippen molar-refractivity contribution in [3.8, 4) is 0 Å². The Morgan fingerprint density at radius 3 is 3.00 bits per heavy atom. The molecule has 1 aliphatic rings. The van der Waals surface area contributed by atoms with Crippen LogP contribution in [0.1, 0.15) is 31.2 Å². The maximum Gasteiger partial charge on any atom is 0.107 e. The highest BCUT2D eigenvalue weighted by molar-refractivity contribution is 5.86. The van der Waals surface area contributed by atoms with Gasteiger partial charge in [-0.25, -0.2) is 4.98 Å². The van der Waals surface area contributed by atoms with Crippen molar-refractivity contribution < 1.29 is 0 Å². The van der Waals surface area contributed by atoms with E-state index in [1.54, 1.807) is 0 Å². The normalized spacial score (nSPS) is 14.1. The first-order valence-electron chi connectivity index (χ1n) is 4.52. The van der Waals surface area contributed by atoms with E-state index in [1.807, 2.05) is 6.21 Å². The van der Waals surface area contributed by atoms with Gasteiger partial charge in [-0.3, -0.25) is 4.99 Å². The Morgan fingerprint density at radius 2 is 2.23 bits per heavy atom.